The first kappa shape index (κ1) is 22.8. The monoisotopic (exact) mass is 416 g/mol. The summed E-state index contributed by atoms with van der Waals surface area (Å²) in [5, 5.41) is 3.55. The van der Waals surface area contributed by atoms with Gasteiger partial charge in [-0.05, 0) is 55.7 Å². The lowest BCUT2D eigenvalue weighted by atomic mass is 10.1. The van der Waals surface area contributed by atoms with Crippen molar-refractivity contribution in [2.24, 2.45) is 0 Å². The van der Waals surface area contributed by atoms with E-state index >= 15 is 0 Å². The Balaban J connectivity index is 2.22. The molecule has 0 bridgehead atoms. The standard InChI is InChI=1S/C23H29ClN2O3/c1-5-16(2)25-23(28)17(3)26(15-18-9-11-21(29-4)12-10-18)22(27)14-19-7-6-8-20(24)13-19/h6-13,16-17H,5,14-15H2,1-4H3,(H,25,28)/t16-,17+/m1/s1. The zero-order chi connectivity index (χ0) is 21.4. The van der Waals surface area contributed by atoms with E-state index in [-0.39, 0.29) is 24.3 Å². The second kappa shape index (κ2) is 10.9. The summed E-state index contributed by atoms with van der Waals surface area (Å²) in [6.07, 6.45) is 1.01. The van der Waals surface area contributed by atoms with Gasteiger partial charge in [-0.2, -0.15) is 0 Å². The molecule has 0 fully saturated rings. The van der Waals surface area contributed by atoms with E-state index in [1.807, 2.05) is 50.2 Å². The summed E-state index contributed by atoms with van der Waals surface area (Å²) in [5.41, 5.74) is 1.74. The molecule has 0 saturated carbocycles. The smallest absolute Gasteiger partial charge is 0.242 e. The van der Waals surface area contributed by atoms with Crippen LogP contribution >= 0.6 is 11.6 Å². The number of ether oxygens (including phenoxy) is 1. The van der Waals surface area contributed by atoms with Crippen molar-refractivity contribution in [2.45, 2.75) is 52.2 Å². The molecular formula is C23H29ClN2O3. The van der Waals surface area contributed by atoms with E-state index < -0.39 is 6.04 Å². The van der Waals surface area contributed by atoms with Crippen molar-refractivity contribution in [3.8, 4) is 5.75 Å². The first-order valence-corrected chi connectivity index (χ1v) is 10.2. The largest absolute Gasteiger partial charge is 0.497 e. The van der Waals surface area contributed by atoms with Crippen LogP contribution in [0.5, 0.6) is 5.75 Å². The molecule has 2 aromatic rings. The molecule has 0 heterocycles. The second-order valence-corrected chi connectivity index (χ2v) is 7.61. The van der Waals surface area contributed by atoms with Gasteiger partial charge in [0.15, 0.2) is 0 Å². The number of nitrogens with one attached hydrogen (secondary N) is 1. The predicted octanol–water partition coefficient (Wildman–Crippen LogP) is 4.22. The third-order valence-corrected chi connectivity index (χ3v) is 5.16. The van der Waals surface area contributed by atoms with Crippen LogP contribution in [-0.4, -0.2) is 35.9 Å². The Kier molecular flexibility index (Phi) is 8.52. The minimum atomic E-state index is -0.599. The van der Waals surface area contributed by atoms with Gasteiger partial charge >= 0.3 is 0 Å². The number of hydrogen-bond donors (Lipinski definition) is 1. The first-order chi connectivity index (χ1) is 13.8. The van der Waals surface area contributed by atoms with Gasteiger partial charge in [0.1, 0.15) is 11.8 Å². The van der Waals surface area contributed by atoms with Gasteiger partial charge in [-0.3, -0.25) is 9.59 Å². The summed E-state index contributed by atoms with van der Waals surface area (Å²) >= 11 is 6.05. The minimum Gasteiger partial charge on any atom is -0.497 e. The highest BCUT2D eigenvalue weighted by Crippen LogP contribution is 2.17. The van der Waals surface area contributed by atoms with Crippen LogP contribution in [-0.2, 0) is 22.6 Å². The fourth-order valence-corrected chi connectivity index (χ4v) is 3.11. The van der Waals surface area contributed by atoms with Crippen LogP contribution in [0.3, 0.4) is 0 Å². The molecule has 2 atom stereocenters. The Hall–Kier alpha value is -2.53. The van der Waals surface area contributed by atoms with Gasteiger partial charge in [0, 0.05) is 17.6 Å². The molecule has 0 unspecified atom stereocenters. The lowest BCUT2D eigenvalue weighted by molar-refractivity contribution is -0.140. The number of halogens is 1. The highest BCUT2D eigenvalue weighted by Gasteiger charge is 2.26. The van der Waals surface area contributed by atoms with Gasteiger partial charge in [0.05, 0.1) is 13.5 Å². The summed E-state index contributed by atoms with van der Waals surface area (Å²) in [6, 6.07) is 14.2. The van der Waals surface area contributed by atoms with Gasteiger partial charge in [0.25, 0.3) is 0 Å². The van der Waals surface area contributed by atoms with Gasteiger partial charge < -0.3 is 15.0 Å². The van der Waals surface area contributed by atoms with Crippen molar-refractivity contribution >= 4 is 23.4 Å². The molecule has 0 aliphatic carbocycles. The van der Waals surface area contributed by atoms with Crippen molar-refractivity contribution in [2.75, 3.05) is 7.11 Å². The number of hydrogen-bond acceptors (Lipinski definition) is 3. The lowest BCUT2D eigenvalue weighted by Crippen LogP contribution is -2.49. The SMILES string of the molecule is CC[C@@H](C)NC(=O)[C@H](C)N(Cc1ccc(OC)cc1)C(=O)Cc1cccc(Cl)c1. The van der Waals surface area contributed by atoms with Crippen molar-refractivity contribution in [1.29, 1.82) is 0 Å². The van der Waals surface area contributed by atoms with Gasteiger partial charge in [-0.25, -0.2) is 0 Å². The topological polar surface area (TPSA) is 58.6 Å². The van der Waals surface area contributed by atoms with Crippen LogP contribution in [0, 0.1) is 0 Å². The summed E-state index contributed by atoms with van der Waals surface area (Å²) < 4.78 is 5.20. The Morgan fingerprint density at radius 1 is 1.10 bits per heavy atom. The van der Waals surface area contributed by atoms with E-state index in [2.05, 4.69) is 5.32 Å². The van der Waals surface area contributed by atoms with Gasteiger partial charge in [-0.15, -0.1) is 0 Å². The molecule has 0 aliphatic rings. The van der Waals surface area contributed by atoms with Crippen LogP contribution in [0.25, 0.3) is 0 Å². The zero-order valence-electron chi connectivity index (χ0n) is 17.4. The van der Waals surface area contributed by atoms with Crippen molar-refractivity contribution < 1.29 is 14.3 Å². The van der Waals surface area contributed by atoms with Crippen LogP contribution in [0.2, 0.25) is 5.02 Å². The minimum absolute atomic E-state index is 0.0517. The molecule has 29 heavy (non-hydrogen) atoms. The van der Waals surface area contributed by atoms with Crippen molar-refractivity contribution in [3.63, 3.8) is 0 Å². The molecule has 1 N–H and O–H groups in total. The van der Waals surface area contributed by atoms with E-state index in [1.54, 1.807) is 31.1 Å². The molecule has 0 radical (unpaired) electrons. The molecule has 5 nitrogen and oxygen atoms in total. The quantitative estimate of drug-likeness (QED) is 0.665. The van der Waals surface area contributed by atoms with Crippen LogP contribution in [0.4, 0.5) is 0 Å². The Bertz CT molecular complexity index is 823. The number of carbonyl (C=O) groups excluding carboxylic acids is 2. The Morgan fingerprint density at radius 2 is 1.79 bits per heavy atom. The molecule has 0 saturated heterocycles. The van der Waals surface area contributed by atoms with Gasteiger partial charge in [0.2, 0.25) is 11.8 Å². The summed E-state index contributed by atoms with van der Waals surface area (Å²) in [7, 11) is 1.61. The zero-order valence-corrected chi connectivity index (χ0v) is 18.2. The number of amides is 2. The van der Waals surface area contributed by atoms with Crippen LogP contribution in [0.15, 0.2) is 48.5 Å². The number of methoxy groups -OCH3 is 1. The van der Waals surface area contributed by atoms with E-state index in [1.165, 1.54) is 0 Å². The number of rotatable bonds is 9. The van der Waals surface area contributed by atoms with Crippen molar-refractivity contribution in [3.05, 3.63) is 64.7 Å². The maximum atomic E-state index is 13.1. The molecule has 6 heteroatoms. The third-order valence-electron chi connectivity index (χ3n) is 4.92. The predicted molar refractivity (Wildman–Crippen MR) is 116 cm³/mol. The molecule has 0 aromatic heterocycles. The van der Waals surface area contributed by atoms with E-state index in [4.69, 9.17) is 16.3 Å². The average Bonchev–Trinajstić information content (AvgIpc) is 2.71. The maximum absolute atomic E-state index is 13.1. The van der Waals surface area contributed by atoms with Gasteiger partial charge in [-0.1, -0.05) is 42.8 Å². The molecule has 2 rings (SSSR count). The third kappa shape index (κ3) is 6.79. The van der Waals surface area contributed by atoms with Crippen molar-refractivity contribution in [1.82, 2.24) is 10.2 Å². The number of nitrogens with zero attached hydrogens (tertiary/aromatic N) is 1. The number of benzene rings is 2. The highest BCUT2D eigenvalue weighted by atomic mass is 35.5. The van der Waals surface area contributed by atoms with E-state index in [9.17, 15) is 9.59 Å². The molecule has 0 aliphatic heterocycles. The second-order valence-electron chi connectivity index (χ2n) is 7.17. The molecular weight excluding hydrogens is 388 g/mol. The number of carbonyl (C=O) groups is 2. The van der Waals surface area contributed by atoms with E-state index in [0.29, 0.717) is 11.6 Å². The van der Waals surface area contributed by atoms with Crippen LogP contribution in [0.1, 0.15) is 38.3 Å². The Morgan fingerprint density at radius 3 is 2.38 bits per heavy atom. The Labute approximate surface area is 178 Å². The highest BCUT2D eigenvalue weighted by molar-refractivity contribution is 6.30. The first-order valence-electron chi connectivity index (χ1n) is 9.81. The normalized spacial score (nSPS) is 12.7. The summed E-state index contributed by atoms with van der Waals surface area (Å²) in [4.78, 5) is 27.5. The maximum Gasteiger partial charge on any atom is 0.242 e. The molecule has 0 spiro atoms. The summed E-state index contributed by atoms with van der Waals surface area (Å²) in [5.74, 6) is 0.454. The molecule has 2 amide bonds. The molecule has 156 valence electrons. The van der Waals surface area contributed by atoms with E-state index in [0.717, 1.165) is 23.3 Å². The van der Waals surface area contributed by atoms with Crippen LogP contribution < -0.4 is 10.1 Å². The molecule has 2 aromatic carbocycles. The fourth-order valence-electron chi connectivity index (χ4n) is 2.90. The summed E-state index contributed by atoms with van der Waals surface area (Å²) in [6.45, 7) is 6.05. The fraction of sp³-hybridized carbons (Fsp3) is 0.391. The lowest BCUT2D eigenvalue weighted by Gasteiger charge is -2.30. The average molecular weight is 417 g/mol.